The van der Waals surface area contributed by atoms with Gasteiger partial charge in [-0.1, -0.05) is 0 Å². The van der Waals surface area contributed by atoms with E-state index in [4.69, 9.17) is 10.5 Å². The molecule has 1 rings (SSSR count). The Bertz CT molecular complexity index is 449. The molecule has 0 saturated heterocycles. The van der Waals surface area contributed by atoms with E-state index >= 15 is 0 Å². The lowest BCUT2D eigenvalue weighted by molar-refractivity contribution is 0.0527. The number of hydrogen-bond acceptors (Lipinski definition) is 6. The summed E-state index contributed by atoms with van der Waals surface area (Å²) in [6.07, 6.45) is 1.53. The van der Waals surface area contributed by atoms with Crippen molar-refractivity contribution in [3.8, 4) is 0 Å². The van der Waals surface area contributed by atoms with Crippen LogP contribution in [-0.4, -0.2) is 48.6 Å². The number of carbonyl (C=O) groups excluding carboxylic acids is 1. The highest BCUT2D eigenvalue weighted by Crippen LogP contribution is 2.16. The van der Waals surface area contributed by atoms with Gasteiger partial charge in [-0.25, -0.2) is 9.78 Å². The molecule has 1 heterocycles. The van der Waals surface area contributed by atoms with Crippen LogP contribution in [0.15, 0.2) is 12.3 Å². The summed E-state index contributed by atoms with van der Waals surface area (Å²) < 4.78 is 5.00. The molecule has 0 amide bonds. The third-order valence-corrected chi connectivity index (χ3v) is 3.04. The first-order valence-electron chi connectivity index (χ1n) is 6.82. The zero-order valence-corrected chi connectivity index (χ0v) is 12.6. The predicted octanol–water partition coefficient (Wildman–Crippen LogP) is 1.59. The highest BCUT2D eigenvalue weighted by atomic mass is 16.5. The summed E-state index contributed by atoms with van der Waals surface area (Å²) in [7, 11) is 2.05. The molecule has 0 aliphatic carbocycles. The molecule has 1 aromatic rings. The number of nitrogen functional groups attached to an aromatic ring is 1. The Hall–Kier alpha value is -1.82. The van der Waals surface area contributed by atoms with E-state index in [0.29, 0.717) is 36.3 Å². The normalized spacial score (nSPS) is 10.9. The van der Waals surface area contributed by atoms with Crippen molar-refractivity contribution >= 4 is 17.5 Å². The van der Waals surface area contributed by atoms with Crippen molar-refractivity contribution in [1.82, 2.24) is 9.88 Å². The Morgan fingerprint density at radius 1 is 1.55 bits per heavy atom. The molecule has 0 aliphatic heterocycles. The fraction of sp³-hybridized carbons (Fsp3) is 0.571. The van der Waals surface area contributed by atoms with E-state index in [9.17, 15) is 4.79 Å². The van der Waals surface area contributed by atoms with Crippen LogP contribution in [0.1, 0.15) is 31.1 Å². The van der Waals surface area contributed by atoms with Crippen molar-refractivity contribution in [1.29, 1.82) is 0 Å². The summed E-state index contributed by atoms with van der Waals surface area (Å²) >= 11 is 0. The van der Waals surface area contributed by atoms with Crippen molar-refractivity contribution in [2.45, 2.75) is 26.8 Å². The Morgan fingerprint density at radius 3 is 2.85 bits per heavy atom. The average molecular weight is 280 g/mol. The van der Waals surface area contributed by atoms with Gasteiger partial charge in [0.05, 0.1) is 18.5 Å². The first kappa shape index (κ1) is 16.2. The molecule has 0 aliphatic rings. The number of rotatable bonds is 7. The van der Waals surface area contributed by atoms with Crippen LogP contribution in [-0.2, 0) is 4.74 Å². The lowest BCUT2D eigenvalue weighted by Gasteiger charge is -2.21. The summed E-state index contributed by atoms with van der Waals surface area (Å²) in [6.45, 7) is 7.90. The van der Waals surface area contributed by atoms with Crippen molar-refractivity contribution in [2.75, 3.05) is 37.8 Å². The van der Waals surface area contributed by atoms with Gasteiger partial charge in [-0.05, 0) is 33.9 Å². The number of esters is 1. The minimum Gasteiger partial charge on any atom is -0.462 e. The molecular weight excluding hydrogens is 256 g/mol. The van der Waals surface area contributed by atoms with Crippen molar-refractivity contribution < 1.29 is 9.53 Å². The first-order valence-corrected chi connectivity index (χ1v) is 6.82. The van der Waals surface area contributed by atoms with Crippen LogP contribution in [0.2, 0.25) is 0 Å². The number of likely N-dealkylation sites (N-methyl/N-ethyl adjacent to an activating group) is 1. The fourth-order valence-corrected chi connectivity index (χ4v) is 1.60. The number of nitrogens with zero attached hydrogens (tertiary/aromatic N) is 2. The van der Waals surface area contributed by atoms with E-state index in [2.05, 4.69) is 36.1 Å². The molecule has 0 spiro atoms. The second-order valence-corrected chi connectivity index (χ2v) is 4.89. The summed E-state index contributed by atoms with van der Waals surface area (Å²) in [6, 6.07) is 2.06. The third-order valence-electron chi connectivity index (χ3n) is 3.04. The molecule has 6 heteroatoms. The SMILES string of the molecule is CCOC(=O)c1cc(N)cnc1NCCN(C)C(C)C. The van der Waals surface area contributed by atoms with Crippen LogP contribution >= 0.6 is 0 Å². The van der Waals surface area contributed by atoms with Gasteiger partial charge in [0.2, 0.25) is 0 Å². The zero-order chi connectivity index (χ0) is 15.1. The molecule has 0 fully saturated rings. The van der Waals surface area contributed by atoms with E-state index in [1.807, 2.05) is 0 Å². The lowest BCUT2D eigenvalue weighted by Crippen LogP contribution is -2.31. The maximum atomic E-state index is 11.9. The van der Waals surface area contributed by atoms with Gasteiger partial charge in [-0.15, -0.1) is 0 Å². The summed E-state index contributed by atoms with van der Waals surface area (Å²) in [5.74, 6) is 0.0989. The number of nitrogens with two attached hydrogens (primary N) is 1. The number of pyridine rings is 1. The second kappa shape index (κ2) is 7.69. The zero-order valence-electron chi connectivity index (χ0n) is 12.6. The van der Waals surface area contributed by atoms with Crippen LogP contribution < -0.4 is 11.1 Å². The number of nitrogens with one attached hydrogen (secondary N) is 1. The van der Waals surface area contributed by atoms with E-state index in [-0.39, 0.29) is 0 Å². The van der Waals surface area contributed by atoms with E-state index in [1.165, 1.54) is 6.20 Å². The number of carbonyl (C=O) groups is 1. The minimum absolute atomic E-state index is 0.323. The Balaban J connectivity index is 2.71. The topological polar surface area (TPSA) is 80.5 Å². The van der Waals surface area contributed by atoms with Crippen molar-refractivity contribution in [2.24, 2.45) is 0 Å². The van der Waals surface area contributed by atoms with E-state index in [0.717, 1.165) is 6.54 Å². The van der Waals surface area contributed by atoms with Crippen LogP contribution in [0.5, 0.6) is 0 Å². The number of anilines is 2. The largest absolute Gasteiger partial charge is 0.462 e. The summed E-state index contributed by atoms with van der Waals surface area (Å²) in [5.41, 5.74) is 6.49. The standard InChI is InChI=1S/C14H24N4O2/c1-5-20-14(19)12-8-11(15)9-17-13(12)16-6-7-18(4)10(2)3/h8-10H,5-7,15H2,1-4H3,(H,16,17). The molecule has 6 nitrogen and oxygen atoms in total. The molecule has 3 N–H and O–H groups in total. The average Bonchev–Trinajstić information content (AvgIpc) is 2.40. The minimum atomic E-state index is -0.410. The van der Waals surface area contributed by atoms with Crippen molar-refractivity contribution in [3.05, 3.63) is 17.8 Å². The van der Waals surface area contributed by atoms with Gasteiger partial charge in [0.15, 0.2) is 0 Å². The lowest BCUT2D eigenvalue weighted by atomic mass is 10.2. The van der Waals surface area contributed by atoms with Gasteiger partial charge in [0.1, 0.15) is 11.4 Å². The number of ether oxygens (including phenoxy) is 1. The summed E-state index contributed by atoms with van der Waals surface area (Å²) in [4.78, 5) is 18.2. The summed E-state index contributed by atoms with van der Waals surface area (Å²) in [5, 5.41) is 3.16. The number of hydrogen-bond donors (Lipinski definition) is 2. The van der Waals surface area contributed by atoms with Crippen LogP contribution in [0.25, 0.3) is 0 Å². The number of aromatic nitrogens is 1. The maximum absolute atomic E-state index is 11.9. The van der Waals surface area contributed by atoms with Crippen LogP contribution in [0.4, 0.5) is 11.5 Å². The van der Waals surface area contributed by atoms with Gasteiger partial charge in [0, 0.05) is 19.1 Å². The highest BCUT2D eigenvalue weighted by Gasteiger charge is 2.14. The van der Waals surface area contributed by atoms with E-state index < -0.39 is 5.97 Å². The Kier molecular flexibility index (Phi) is 6.24. The van der Waals surface area contributed by atoms with Gasteiger partial charge in [0.25, 0.3) is 0 Å². The Labute approximate surface area is 120 Å². The third kappa shape index (κ3) is 4.70. The molecule has 20 heavy (non-hydrogen) atoms. The van der Waals surface area contributed by atoms with E-state index in [1.54, 1.807) is 13.0 Å². The van der Waals surface area contributed by atoms with Crippen LogP contribution in [0.3, 0.4) is 0 Å². The fourth-order valence-electron chi connectivity index (χ4n) is 1.60. The van der Waals surface area contributed by atoms with Gasteiger partial charge >= 0.3 is 5.97 Å². The molecule has 0 bridgehead atoms. The molecule has 112 valence electrons. The predicted molar refractivity (Wildman–Crippen MR) is 80.9 cm³/mol. The molecule has 0 atom stereocenters. The van der Waals surface area contributed by atoms with Crippen LogP contribution in [0, 0.1) is 0 Å². The second-order valence-electron chi connectivity index (χ2n) is 4.89. The monoisotopic (exact) mass is 280 g/mol. The maximum Gasteiger partial charge on any atom is 0.341 e. The van der Waals surface area contributed by atoms with Gasteiger partial charge in [-0.3, -0.25) is 0 Å². The molecular formula is C14H24N4O2. The molecule has 0 radical (unpaired) electrons. The molecule has 0 unspecified atom stereocenters. The first-order chi connectivity index (χ1) is 9.45. The van der Waals surface area contributed by atoms with Gasteiger partial charge < -0.3 is 20.7 Å². The quantitative estimate of drug-likeness (QED) is 0.738. The Morgan fingerprint density at radius 2 is 2.25 bits per heavy atom. The highest BCUT2D eigenvalue weighted by molar-refractivity contribution is 5.95. The van der Waals surface area contributed by atoms with Crippen molar-refractivity contribution in [3.63, 3.8) is 0 Å². The van der Waals surface area contributed by atoms with Gasteiger partial charge in [-0.2, -0.15) is 0 Å². The molecule has 0 saturated carbocycles. The molecule has 1 aromatic heterocycles. The molecule has 0 aromatic carbocycles. The smallest absolute Gasteiger partial charge is 0.341 e.